The molecule has 2 fully saturated rings. The lowest BCUT2D eigenvalue weighted by Crippen LogP contribution is -2.48. The van der Waals surface area contributed by atoms with E-state index in [1.807, 2.05) is 11.6 Å². The Morgan fingerprint density at radius 1 is 1.26 bits per heavy atom. The van der Waals surface area contributed by atoms with Crippen LogP contribution in [0.1, 0.15) is 50.9 Å². The summed E-state index contributed by atoms with van der Waals surface area (Å²) in [5, 5.41) is 7.98. The lowest BCUT2D eigenvalue weighted by molar-refractivity contribution is 0.345. The van der Waals surface area contributed by atoms with Gasteiger partial charge in [0.05, 0.1) is 11.4 Å². The molecule has 6 nitrogen and oxygen atoms in total. The van der Waals surface area contributed by atoms with Gasteiger partial charge in [-0.3, -0.25) is 4.68 Å². The van der Waals surface area contributed by atoms with Crippen LogP contribution in [0.15, 0.2) is 4.90 Å². The van der Waals surface area contributed by atoms with Gasteiger partial charge in [0.15, 0.2) is 0 Å². The van der Waals surface area contributed by atoms with E-state index in [9.17, 15) is 8.42 Å². The van der Waals surface area contributed by atoms with Gasteiger partial charge in [0.2, 0.25) is 10.0 Å². The van der Waals surface area contributed by atoms with Gasteiger partial charge in [-0.15, -0.1) is 0 Å². The number of nitrogens with zero attached hydrogens (tertiary/aromatic N) is 2. The molecule has 23 heavy (non-hydrogen) atoms. The summed E-state index contributed by atoms with van der Waals surface area (Å²) >= 11 is 0. The lowest BCUT2D eigenvalue weighted by atomic mass is 10.0. The fourth-order valence-electron chi connectivity index (χ4n) is 4.02. The number of nitrogens with one attached hydrogen (secondary N) is 2. The highest BCUT2D eigenvalue weighted by atomic mass is 32.2. The molecular weight excluding hydrogens is 312 g/mol. The van der Waals surface area contributed by atoms with Gasteiger partial charge in [0.25, 0.3) is 0 Å². The molecule has 2 bridgehead atoms. The van der Waals surface area contributed by atoms with Gasteiger partial charge in [-0.05, 0) is 45.4 Å². The Balaban J connectivity index is 1.81. The zero-order chi connectivity index (χ0) is 16.8. The number of piperidine rings is 1. The third-order valence-electron chi connectivity index (χ3n) is 4.92. The van der Waals surface area contributed by atoms with Crippen molar-refractivity contribution < 1.29 is 8.42 Å². The normalized spacial score (nSPS) is 27.8. The molecule has 1 aromatic rings. The fraction of sp³-hybridized carbons (Fsp3) is 0.812. The molecule has 0 radical (unpaired) electrons. The fourth-order valence-corrected chi connectivity index (χ4v) is 5.70. The summed E-state index contributed by atoms with van der Waals surface area (Å²) in [6.45, 7) is 8.58. The minimum absolute atomic E-state index is 0.0333. The van der Waals surface area contributed by atoms with E-state index >= 15 is 0 Å². The average molecular weight is 340 g/mol. The van der Waals surface area contributed by atoms with Crippen molar-refractivity contribution in [1.82, 2.24) is 19.8 Å². The Morgan fingerprint density at radius 2 is 1.87 bits per heavy atom. The second kappa shape index (κ2) is 6.18. The molecule has 2 aliphatic rings. The Kier molecular flexibility index (Phi) is 4.55. The predicted octanol–water partition coefficient (Wildman–Crippen LogP) is 1.72. The predicted molar refractivity (Wildman–Crippen MR) is 89.8 cm³/mol. The molecule has 0 aromatic carbocycles. The lowest BCUT2D eigenvalue weighted by Gasteiger charge is -2.29. The standard InChI is InChI=1S/C16H28N4O2S/c1-10(2)9-20-12(4)16(11(3)18-20)23(21,22)19-15-7-13-5-6-14(8-15)17-13/h10,13-15,17,19H,5-9H2,1-4H3. The molecule has 7 heteroatoms. The van der Waals surface area contributed by atoms with E-state index in [1.54, 1.807) is 6.92 Å². The van der Waals surface area contributed by atoms with Crippen LogP contribution in [0.3, 0.4) is 0 Å². The van der Waals surface area contributed by atoms with Crippen LogP contribution in [0.4, 0.5) is 0 Å². The molecule has 2 saturated heterocycles. The summed E-state index contributed by atoms with van der Waals surface area (Å²) in [6, 6.07) is 0.964. The largest absolute Gasteiger partial charge is 0.311 e. The van der Waals surface area contributed by atoms with E-state index in [4.69, 9.17) is 0 Å². The molecule has 0 amide bonds. The summed E-state index contributed by atoms with van der Waals surface area (Å²) in [5.74, 6) is 0.427. The molecule has 2 N–H and O–H groups in total. The number of sulfonamides is 1. The molecule has 0 spiro atoms. The summed E-state index contributed by atoms with van der Waals surface area (Å²) in [6.07, 6.45) is 4.09. The zero-order valence-corrected chi connectivity index (χ0v) is 15.3. The van der Waals surface area contributed by atoms with Crippen molar-refractivity contribution >= 4 is 10.0 Å². The van der Waals surface area contributed by atoms with Gasteiger partial charge < -0.3 is 5.32 Å². The topological polar surface area (TPSA) is 76.0 Å². The van der Waals surface area contributed by atoms with Crippen LogP contribution in [-0.4, -0.2) is 36.3 Å². The summed E-state index contributed by atoms with van der Waals surface area (Å²) < 4.78 is 30.5. The molecule has 130 valence electrons. The maximum atomic E-state index is 12.9. The quantitative estimate of drug-likeness (QED) is 0.856. The number of aryl methyl sites for hydroxylation is 1. The second-order valence-electron chi connectivity index (χ2n) is 7.50. The first-order chi connectivity index (χ1) is 10.8. The summed E-state index contributed by atoms with van der Waals surface area (Å²) in [5.41, 5.74) is 1.33. The number of rotatable bonds is 5. The minimum Gasteiger partial charge on any atom is -0.311 e. The Morgan fingerprint density at radius 3 is 2.43 bits per heavy atom. The number of hydrogen-bond acceptors (Lipinski definition) is 4. The van der Waals surface area contributed by atoms with Crippen LogP contribution in [-0.2, 0) is 16.6 Å². The highest BCUT2D eigenvalue weighted by molar-refractivity contribution is 7.89. The van der Waals surface area contributed by atoms with E-state index in [1.165, 1.54) is 0 Å². The third kappa shape index (κ3) is 3.46. The van der Waals surface area contributed by atoms with Crippen LogP contribution in [0.25, 0.3) is 0 Å². The molecule has 3 heterocycles. The summed E-state index contributed by atoms with van der Waals surface area (Å²) in [7, 11) is -3.52. The highest BCUT2D eigenvalue weighted by Crippen LogP contribution is 2.28. The third-order valence-corrected chi connectivity index (χ3v) is 6.69. The number of fused-ring (bicyclic) bond motifs is 2. The smallest absolute Gasteiger partial charge is 0.244 e. The molecule has 1 aromatic heterocycles. The first kappa shape index (κ1) is 16.9. The summed E-state index contributed by atoms with van der Waals surface area (Å²) in [4.78, 5) is 0.365. The van der Waals surface area contributed by atoms with Crippen molar-refractivity contribution in [1.29, 1.82) is 0 Å². The average Bonchev–Trinajstić information content (AvgIpc) is 2.89. The van der Waals surface area contributed by atoms with E-state index in [0.29, 0.717) is 28.6 Å². The molecule has 2 aliphatic heterocycles. The Bertz CT molecular complexity index is 668. The zero-order valence-electron chi connectivity index (χ0n) is 14.5. The highest BCUT2D eigenvalue weighted by Gasteiger charge is 2.36. The maximum Gasteiger partial charge on any atom is 0.244 e. The van der Waals surface area contributed by atoms with Crippen molar-refractivity contribution in [3.63, 3.8) is 0 Å². The van der Waals surface area contributed by atoms with Gasteiger partial charge >= 0.3 is 0 Å². The van der Waals surface area contributed by atoms with E-state index in [0.717, 1.165) is 37.9 Å². The van der Waals surface area contributed by atoms with Crippen molar-refractivity contribution in [2.24, 2.45) is 5.92 Å². The van der Waals surface area contributed by atoms with E-state index in [-0.39, 0.29) is 6.04 Å². The number of hydrogen-bond donors (Lipinski definition) is 2. The van der Waals surface area contributed by atoms with Crippen molar-refractivity contribution in [2.75, 3.05) is 0 Å². The molecule has 2 unspecified atom stereocenters. The first-order valence-electron chi connectivity index (χ1n) is 8.58. The van der Waals surface area contributed by atoms with Crippen molar-refractivity contribution in [3.05, 3.63) is 11.4 Å². The SMILES string of the molecule is Cc1nn(CC(C)C)c(C)c1S(=O)(=O)NC1CC2CCC(C1)N2. The van der Waals surface area contributed by atoms with Crippen LogP contribution < -0.4 is 10.0 Å². The monoisotopic (exact) mass is 340 g/mol. The van der Waals surface area contributed by atoms with Crippen molar-refractivity contribution in [3.8, 4) is 0 Å². The van der Waals surface area contributed by atoms with Gasteiger partial charge in [0, 0.05) is 24.7 Å². The van der Waals surface area contributed by atoms with Crippen LogP contribution >= 0.6 is 0 Å². The van der Waals surface area contributed by atoms with Gasteiger partial charge in [-0.25, -0.2) is 13.1 Å². The maximum absolute atomic E-state index is 12.9. The van der Waals surface area contributed by atoms with E-state index in [2.05, 4.69) is 29.0 Å². The van der Waals surface area contributed by atoms with Crippen LogP contribution in [0, 0.1) is 19.8 Å². The Labute approximate surface area is 139 Å². The number of aromatic nitrogens is 2. The minimum atomic E-state index is -3.52. The van der Waals surface area contributed by atoms with Gasteiger partial charge in [0.1, 0.15) is 4.90 Å². The van der Waals surface area contributed by atoms with Crippen LogP contribution in [0.5, 0.6) is 0 Å². The van der Waals surface area contributed by atoms with Gasteiger partial charge in [-0.2, -0.15) is 5.10 Å². The first-order valence-corrected chi connectivity index (χ1v) is 10.1. The van der Waals surface area contributed by atoms with Gasteiger partial charge in [-0.1, -0.05) is 13.8 Å². The molecule has 2 atom stereocenters. The molecular formula is C16H28N4O2S. The molecule has 3 rings (SSSR count). The van der Waals surface area contributed by atoms with Crippen molar-refractivity contribution in [2.45, 2.75) is 82.9 Å². The second-order valence-corrected chi connectivity index (χ2v) is 9.15. The molecule has 0 aliphatic carbocycles. The van der Waals surface area contributed by atoms with Crippen LogP contribution in [0.2, 0.25) is 0 Å². The molecule has 0 saturated carbocycles. The Hall–Kier alpha value is -0.920. The van der Waals surface area contributed by atoms with E-state index < -0.39 is 10.0 Å².